The van der Waals surface area contributed by atoms with Crippen molar-refractivity contribution in [2.45, 2.75) is 5.48 Å². The molecular weight excluding hydrogens is 770 g/mol. The van der Waals surface area contributed by atoms with E-state index in [9.17, 15) is 0 Å². The average molecular weight is 798 g/mol. The van der Waals surface area contributed by atoms with Gasteiger partial charge in [0, 0.05) is 0 Å². The number of benzene rings is 8. The first-order chi connectivity index (χ1) is 28.6. The van der Waals surface area contributed by atoms with E-state index < -0.39 is 16.7 Å². The molecule has 0 fully saturated rings. The van der Waals surface area contributed by atoms with Crippen LogP contribution in [0.2, 0.25) is 5.48 Å². The summed E-state index contributed by atoms with van der Waals surface area (Å²) in [6, 6.07) is 52.1. The van der Waals surface area contributed by atoms with Crippen LogP contribution in [0.5, 0.6) is 0 Å². The van der Waals surface area contributed by atoms with Gasteiger partial charge in [0.1, 0.15) is 0 Å². The monoisotopic (exact) mass is 796 g/mol. The second-order valence-electron chi connectivity index (χ2n) is 15.6. The number of rotatable bonds is 0. The van der Waals surface area contributed by atoms with Gasteiger partial charge in [0.15, 0.2) is 0 Å². The fourth-order valence-electron chi connectivity index (χ4n) is 9.62. The van der Waals surface area contributed by atoms with Crippen LogP contribution in [-0.4, -0.2) is 46.6 Å². The number of hydrogen-bond donors (Lipinski definition) is 0. The Morgan fingerprint density at radius 2 is 0.621 bits per heavy atom. The normalized spacial score (nSPS) is 14.9. The Morgan fingerprint density at radius 1 is 0.328 bits per heavy atom. The summed E-state index contributed by atoms with van der Waals surface area (Å²) in [7, 11) is 0. The Hall–Kier alpha value is -7.20. The van der Waals surface area contributed by atoms with E-state index in [-0.39, 0.29) is 0 Å². The van der Waals surface area contributed by atoms with Crippen molar-refractivity contribution in [3.63, 3.8) is 0 Å². The van der Waals surface area contributed by atoms with Crippen LogP contribution in [0.4, 0.5) is 11.6 Å². The third kappa shape index (κ3) is 4.10. The van der Waals surface area contributed by atoms with E-state index in [0.29, 0.717) is 23.3 Å². The van der Waals surface area contributed by atoms with Gasteiger partial charge in [0.25, 0.3) is 0 Å². The van der Waals surface area contributed by atoms with Crippen LogP contribution >= 0.6 is 0 Å². The van der Waals surface area contributed by atoms with Gasteiger partial charge in [-0.15, -0.1) is 0 Å². The molecule has 0 radical (unpaired) electrons. The predicted octanol–water partition coefficient (Wildman–Crippen LogP) is 9.67. The molecule has 58 heavy (non-hydrogen) atoms. The molecule has 0 saturated heterocycles. The van der Waals surface area contributed by atoms with E-state index in [1.165, 1.54) is 0 Å². The van der Waals surface area contributed by atoms with Crippen molar-refractivity contribution in [2.24, 2.45) is 30.0 Å². The second kappa shape index (κ2) is 11.0. The average Bonchev–Trinajstić information content (AvgIpc) is 3.95. The van der Waals surface area contributed by atoms with Crippen molar-refractivity contribution in [1.82, 2.24) is 6.55 Å². The molecule has 0 amide bonds. The number of aliphatic imine (C=N–C) groups is 4. The fraction of sp³-hybridized carbons (Fsp3) is 0.0204. The van der Waals surface area contributed by atoms with Gasteiger partial charge in [0.2, 0.25) is 0 Å². The van der Waals surface area contributed by atoms with Gasteiger partial charge in [-0.2, -0.15) is 0 Å². The van der Waals surface area contributed by atoms with E-state index in [1.807, 2.05) is 0 Å². The van der Waals surface area contributed by atoms with Crippen molar-refractivity contribution < 1.29 is 0 Å². The first-order valence-corrected chi connectivity index (χ1v) is 24.2. The Kier molecular flexibility index (Phi) is 5.87. The van der Waals surface area contributed by atoms with E-state index in [0.717, 1.165) is 109 Å². The molecule has 0 spiro atoms. The molecule has 14 rings (SSSR count). The summed E-state index contributed by atoms with van der Waals surface area (Å²) in [6.45, 7) is 0. The quantitative estimate of drug-likeness (QED) is 0.137. The van der Waals surface area contributed by atoms with Crippen LogP contribution in [0, 0.1) is 0 Å². The zero-order valence-corrected chi connectivity index (χ0v) is 33.4. The van der Waals surface area contributed by atoms with E-state index in [4.69, 9.17) is 30.0 Å². The number of hydrogen-bond acceptors (Lipinski definition) is 6. The van der Waals surface area contributed by atoms with Crippen molar-refractivity contribution in [1.29, 1.82) is 0 Å². The summed E-state index contributed by atoms with van der Waals surface area (Å²) in [6.07, 6.45) is 0. The van der Waals surface area contributed by atoms with Crippen molar-refractivity contribution in [2.75, 3.05) is 0 Å². The molecule has 0 saturated carbocycles. The molecule has 0 unspecified atom stereocenters. The van der Waals surface area contributed by atoms with Gasteiger partial charge in [-0.3, -0.25) is 0 Å². The van der Waals surface area contributed by atoms with Crippen molar-refractivity contribution >= 4 is 116 Å². The SMILES string of the molecule is [CH3][Ga]1[n]2c3c4cc5ccccc5cc4c2N=C2N=C(N=c4c5cc6ccccc6cc5c([n]41)=NC1=NC(=N3)c3cc4ccccc4cc31)c1cc3ccccc3cc12. The van der Waals surface area contributed by atoms with E-state index in [2.05, 4.69) is 158 Å². The standard InChI is InChI=1S/C48H24N8.CH3.Ga/c1-2-10-26-18-34-33(17-25(26)9-1)41-49-42(34)54-44-37-21-29-13-5-6-14-30(29)22-38(37)46(51-44)56-48-40-24-32-16-8-7-15-31(32)23-39(40)47(52-48)55-45-36-20-28-12-4-3-11-27(28)19-35(36)43(50-45)53-41;;/h1-24H;1H3;/q-2;;+2. The maximum absolute atomic E-state index is 5.62. The fourth-order valence-corrected chi connectivity index (χ4v) is 14.7. The van der Waals surface area contributed by atoms with Crippen molar-refractivity contribution in [3.8, 4) is 0 Å². The molecule has 6 heterocycles. The number of amidine groups is 4. The predicted molar refractivity (Wildman–Crippen MR) is 237 cm³/mol. The summed E-state index contributed by atoms with van der Waals surface area (Å²) in [4.78, 5) is 33.1. The molecule has 4 aliphatic rings. The Labute approximate surface area is 335 Å². The topological polar surface area (TPSA) is 84.0 Å². The number of nitrogens with zero attached hydrogens (tertiary/aromatic N) is 8. The summed E-state index contributed by atoms with van der Waals surface area (Å²) < 4.78 is 4.90. The molecule has 0 atom stereocenters. The molecule has 4 aliphatic heterocycles. The summed E-state index contributed by atoms with van der Waals surface area (Å²) in [5, 5.41) is 13.3. The Morgan fingerprint density at radius 3 is 0.966 bits per heavy atom. The van der Waals surface area contributed by atoms with Gasteiger partial charge in [-0.1, -0.05) is 0 Å². The van der Waals surface area contributed by atoms with Gasteiger partial charge in [-0.25, -0.2) is 0 Å². The van der Waals surface area contributed by atoms with Crippen LogP contribution in [0.1, 0.15) is 22.3 Å². The van der Waals surface area contributed by atoms with Gasteiger partial charge < -0.3 is 0 Å². The van der Waals surface area contributed by atoms with Gasteiger partial charge >= 0.3 is 337 Å². The molecule has 266 valence electrons. The molecule has 10 aromatic rings. The third-order valence-corrected chi connectivity index (χ3v) is 17.6. The second-order valence-corrected chi connectivity index (χ2v) is 20.4. The number of aromatic nitrogens is 2. The van der Waals surface area contributed by atoms with Gasteiger partial charge in [-0.05, 0) is 0 Å². The molecular formula is C49H27GaN8. The molecule has 8 aromatic carbocycles. The van der Waals surface area contributed by atoms with Crippen LogP contribution < -0.4 is 11.0 Å². The molecule has 9 heteroatoms. The van der Waals surface area contributed by atoms with Gasteiger partial charge in [0.05, 0.1) is 0 Å². The minimum absolute atomic E-state index is 0.659. The molecule has 0 aliphatic carbocycles. The molecule has 6 bridgehead atoms. The summed E-state index contributed by atoms with van der Waals surface area (Å²) >= 11 is -3.12. The van der Waals surface area contributed by atoms with Crippen LogP contribution in [0.15, 0.2) is 176 Å². The zero-order chi connectivity index (χ0) is 37.8. The van der Waals surface area contributed by atoms with Crippen molar-refractivity contribution in [3.05, 3.63) is 179 Å². The molecule has 0 N–H and O–H groups in total. The minimum atomic E-state index is -3.12. The van der Waals surface area contributed by atoms with Crippen LogP contribution in [-0.2, 0) is 0 Å². The first kappa shape index (κ1) is 30.9. The summed E-state index contributed by atoms with van der Waals surface area (Å²) in [5.41, 5.74) is 8.01. The zero-order valence-electron chi connectivity index (χ0n) is 31.0. The molecule has 2 aromatic heterocycles. The van der Waals surface area contributed by atoms with Crippen LogP contribution in [0.3, 0.4) is 0 Å². The third-order valence-electron chi connectivity index (χ3n) is 12.4. The van der Waals surface area contributed by atoms with Crippen LogP contribution in [0.25, 0.3) is 64.6 Å². The number of fused-ring (bicyclic) bond motifs is 18. The summed E-state index contributed by atoms with van der Waals surface area (Å²) in [5.74, 6) is 4.35. The van der Waals surface area contributed by atoms with E-state index >= 15 is 0 Å². The Bertz CT molecular complexity index is 3640. The van der Waals surface area contributed by atoms with E-state index in [1.54, 1.807) is 0 Å². The Balaban J connectivity index is 1.24. The molecule has 8 nitrogen and oxygen atoms in total. The first-order valence-electron chi connectivity index (χ1n) is 19.6. The maximum atomic E-state index is 5.62.